The molecule has 0 amide bonds. The largest absolute Gasteiger partial charge is 0.496 e. The maximum atomic E-state index is 11.6. The molecule has 0 bridgehead atoms. The fraction of sp³-hybridized carbons (Fsp3) is 0.143. The third-order valence-corrected chi connectivity index (χ3v) is 4.68. The lowest BCUT2D eigenvalue weighted by Gasteiger charge is -2.04. The maximum absolute atomic E-state index is 11.6. The van der Waals surface area contributed by atoms with Crippen molar-refractivity contribution in [2.75, 3.05) is 14.2 Å². The van der Waals surface area contributed by atoms with Gasteiger partial charge < -0.3 is 9.47 Å². The summed E-state index contributed by atoms with van der Waals surface area (Å²) in [6.45, 7) is 0. The van der Waals surface area contributed by atoms with Crippen LogP contribution in [0.15, 0.2) is 33.5 Å². The van der Waals surface area contributed by atoms with Crippen LogP contribution in [-0.2, 0) is 4.74 Å². The summed E-state index contributed by atoms with van der Waals surface area (Å²) in [6.07, 6.45) is 1.60. The zero-order chi connectivity index (χ0) is 15.1. The van der Waals surface area contributed by atoms with Crippen molar-refractivity contribution < 1.29 is 14.3 Å². The molecule has 3 rings (SSSR count). The van der Waals surface area contributed by atoms with Gasteiger partial charge in [0.2, 0.25) is 0 Å². The molecule has 5 nitrogen and oxygen atoms in total. The van der Waals surface area contributed by atoms with Crippen LogP contribution >= 0.6 is 31.9 Å². The number of carbonyl (C=O) groups is 1. The molecule has 108 valence electrons. The molecular weight excluding hydrogens is 404 g/mol. The highest BCUT2D eigenvalue weighted by atomic mass is 79.9. The molecule has 1 aromatic carbocycles. The average molecular weight is 414 g/mol. The van der Waals surface area contributed by atoms with Crippen molar-refractivity contribution in [2.45, 2.75) is 0 Å². The molecule has 0 saturated carbocycles. The van der Waals surface area contributed by atoms with Crippen LogP contribution in [0.1, 0.15) is 10.5 Å². The fourth-order valence-corrected chi connectivity index (χ4v) is 3.32. The van der Waals surface area contributed by atoms with E-state index in [1.807, 2.05) is 16.5 Å². The fourth-order valence-electron chi connectivity index (χ4n) is 2.21. The van der Waals surface area contributed by atoms with E-state index in [4.69, 9.17) is 9.47 Å². The minimum absolute atomic E-state index is 0.263. The number of esters is 1. The van der Waals surface area contributed by atoms with Crippen molar-refractivity contribution in [1.82, 2.24) is 9.38 Å². The molecule has 2 heterocycles. The zero-order valence-electron chi connectivity index (χ0n) is 11.2. The lowest BCUT2D eigenvalue weighted by atomic mass is 10.2. The Balaban J connectivity index is 2.36. The van der Waals surface area contributed by atoms with Gasteiger partial charge in [-0.25, -0.2) is 9.78 Å². The van der Waals surface area contributed by atoms with E-state index < -0.39 is 5.97 Å². The van der Waals surface area contributed by atoms with E-state index in [0.29, 0.717) is 0 Å². The van der Waals surface area contributed by atoms with Crippen LogP contribution < -0.4 is 4.74 Å². The van der Waals surface area contributed by atoms with E-state index in [2.05, 4.69) is 36.8 Å². The topological polar surface area (TPSA) is 52.8 Å². The number of aromatic nitrogens is 2. The highest BCUT2D eigenvalue weighted by molar-refractivity contribution is 9.11. The number of hydrogen-bond acceptors (Lipinski definition) is 4. The van der Waals surface area contributed by atoms with Crippen LogP contribution in [0.5, 0.6) is 5.75 Å². The monoisotopic (exact) mass is 412 g/mol. The number of hydrogen-bond donors (Lipinski definition) is 0. The molecule has 0 saturated heterocycles. The van der Waals surface area contributed by atoms with Gasteiger partial charge in [-0.1, -0.05) is 0 Å². The van der Waals surface area contributed by atoms with E-state index in [-0.39, 0.29) is 5.69 Å². The number of methoxy groups -OCH3 is 2. The summed E-state index contributed by atoms with van der Waals surface area (Å²) in [5.74, 6) is 0.272. The Morgan fingerprint density at radius 3 is 2.62 bits per heavy atom. The Bertz CT molecular complexity index is 874. The summed E-state index contributed by atoms with van der Waals surface area (Å²) in [4.78, 5) is 15.7. The van der Waals surface area contributed by atoms with Crippen LogP contribution in [0, 0.1) is 0 Å². The second kappa shape index (κ2) is 5.31. The molecule has 0 unspecified atom stereocenters. The quantitative estimate of drug-likeness (QED) is 0.599. The van der Waals surface area contributed by atoms with Gasteiger partial charge >= 0.3 is 5.97 Å². The van der Waals surface area contributed by atoms with Crippen LogP contribution in [0.25, 0.3) is 16.4 Å². The molecule has 0 aliphatic heterocycles. The third kappa shape index (κ3) is 2.20. The summed E-state index contributed by atoms with van der Waals surface area (Å²) in [5, 5.41) is 0.971. The Hall–Kier alpha value is -1.60. The van der Waals surface area contributed by atoms with Gasteiger partial charge in [-0.3, -0.25) is 4.40 Å². The van der Waals surface area contributed by atoms with E-state index in [1.54, 1.807) is 19.5 Å². The standard InChI is InChI=1S/C14H10Br2N2O3/c1-20-12-3-7-10(4-8(12)15)18-6-17-9(14(19)21-2)5-11(18)13(7)16/h3-6H,1-2H3. The first-order valence-corrected chi connectivity index (χ1v) is 7.56. The molecule has 21 heavy (non-hydrogen) atoms. The molecule has 0 spiro atoms. The lowest BCUT2D eigenvalue weighted by molar-refractivity contribution is 0.0594. The SMILES string of the molecule is COC(=O)c1cc2c(Br)c3cc(OC)c(Br)cc3n2cn1. The summed E-state index contributed by atoms with van der Waals surface area (Å²) in [7, 11) is 2.95. The van der Waals surface area contributed by atoms with Crippen molar-refractivity contribution in [3.8, 4) is 5.75 Å². The maximum Gasteiger partial charge on any atom is 0.356 e. The second-order valence-electron chi connectivity index (χ2n) is 4.34. The lowest BCUT2D eigenvalue weighted by Crippen LogP contribution is -2.05. The molecule has 2 aromatic heterocycles. The van der Waals surface area contributed by atoms with Gasteiger partial charge in [0.25, 0.3) is 0 Å². The average Bonchev–Trinajstić information content (AvgIpc) is 2.77. The number of rotatable bonds is 2. The first kappa shape index (κ1) is 14.3. The molecule has 0 aliphatic rings. The van der Waals surface area contributed by atoms with Gasteiger partial charge in [-0.15, -0.1) is 0 Å². The zero-order valence-corrected chi connectivity index (χ0v) is 14.4. The predicted octanol–water partition coefficient (Wildman–Crippen LogP) is 3.81. The normalized spacial score (nSPS) is 11.0. The van der Waals surface area contributed by atoms with Crippen molar-refractivity contribution >= 4 is 54.2 Å². The van der Waals surface area contributed by atoms with Crippen molar-refractivity contribution in [3.05, 3.63) is 39.2 Å². The molecule has 0 fully saturated rings. The number of halogens is 2. The molecule has 3 aromatic rings. The minimum atomic E-state index is -0.464. The number of benzene rings is 1. The second-order valence-corrected chi connectivity index (χ2v) is 5.99. The Kier molecular flexibility index (Phi) is 3.62. The minimum Gasteiger partial charge on any atom is -0.496 e. The Morgan fingerprint density at radius 2 is 1.95 bits per heavy atom. The first-order chi connectivity index (χ1) is 10.1. The van der Waals surface area contributed by atoms with Gasteiger partial charge in [0.05, 0.1) is 34.2 Å². The van der Waals surface area contributed by atoms with Crippen LogP contribution in [0.4, 0.5) is 0 Å². The summed E-state index contributed by atoms with van der Waals surface area (Å²) in [5.41, 5.74) is 2.05. The molecular formula is C14H10Br2N2O3. The van der Waals surface area contributed by atoms with E-state index in [0.717, 1.165) is 31.1 Å². The highest BCUT2D eigenvalue weighted by Crippen LogP contribution is 2.37. The van der Waals surface area contributed by atoms with Crippen LogP contribution in [0.2, 0.25) is 0 Å². The molecule has 7 heteroatoms. The van der Waals surface area contributed by atoms with Gasteiger partial charge in [0, 0.05) is 5.39 Å². The smallest absolute Gasteiger partial charge is 0.356 e. The van der Waals surface area contributed by atoms with E-state index in [9.17, 15) is 4.79 Å². The third-order valence-electron chi connectivity index (χ3n) is 3.23. The highest BCUT2D eigenvalue weighted by Gasteiger charge is 2.16. The summed E-state index contributed by atoms with van der Waals surface area (Å²) < 4.78 is 13.6. The van der Waals surface area contributed by atoms with Gasteiger partial charge in [0.15, 0.2) is 5.69 Å². The molecule has 0 radical (unpaired) electrons. The van der Waals surface area contributed by atoms with Crippen molar-refractivity contribution in [2.24, 2.45) is 0 Å². The van der Waals surface area contributed by atoms with Crippen LogP contribution in [-0.4, -0.2) is 29.6 Å². The van der Waals surface area contributed by atoms with Crippen LogP contribution in [0.3, 0.4) is 0 Å². The Labute approximate surface area is 137 Å². The summed E-state index contributed by atoms with van der Waals surface area (Å²) in [6, 6.07) is 5.57. The predicted molar refractivity (Wildman–Crippen MR) is 86.0 cm³/mol. The van der Waals surface area contributed by atoms with Gasteiger partial charge in [-0.05, 0) is 50.1 Å². The van der Waals surface area contributed by atoms with Crippen molar-refractivity contribution in [3.63, 3.8) is 0 Å². The first-order valence-electron chi connectivity index (χ1n) is 5.98. The number of ether oxygens (including phenoxy) is 2. The number of carbonyl (C=O) groups excluding carboxylic acids is 1. The van der Waals surface area contributed by atoms with Gasteiger partial charge in [0.1, 0.15) is 12.1 Å². The van der Waals surface area contributed by atoms with Crippen molar-refractivity contribution in [1.29, 1.82) is 0 Å². The Morgan fingerprint density at radius 1 is 1.19 bits per heavy atom. The van der Waals surface area contributed by atoms with Gasteiger partial charge in [-0.2, -0.15) is 0 Å². The number of fused-ring (bicyclic) bond motifs is 3. The molecule has 0 N–H and O–H groups in total. The van der Waals surface area contributed by atoms with E-state index >= 15 is 0 Å². The van der Waals surface area contributed by atoms with E-state index in [1.165, 1.54) is 7.11 Å². The number of nitrogens with zero attached hydrogens (tertiary/aromatic N) is 2. The summed E-state index contributed by atoms with van der Waals surface area (Å²) >= 11 is 7.05. The molecule has 0 atom stereocenters. The molecule has 0 aliphatic carbocycles.